The zero-order chi connectivity index (χ0) is 13.1. The van der Waals surface area contributed by atoms with E-state index in [0.717, 1.165) is 11.3 Å². The molecule has 2 aromatic heterocycles. The lowest BCUT2D eigenvalue weighted by atomic mass is 10.3. The number of aromatic nitrogens is 2. The molecule has 0 aliphatic heterocycles. The number of rotatable bonds is 3. The number of carboxylic acids is 1. The Kier molecular flexibility index (Phi) is 3.33. The predicted molar refractivity (Wildman–Crippen MR) is 66.0 cm³/mol. The van der Waals surface area contributed by atoms with E-state index in [9.17, 15) is 9.59 Å². The largest absolute Gasteiger partial charge is 0.477 e. The number of anilines is 1. The lowest BCUT2D eigenvalue weighted by Gasteiger charge is -2.00. The van der Waals surface area contributed by atoms with Gasteiger partial charge in [-0.2, -0.15) is 0 Å². The quantitative estimate of drug-likeness (QED) is 0.880. The van der Waals surface area contributed by atoms with Crippen LogP contribution in [0, 0.1) is 6.92 Å². The van der Waals surface area contributed by atoms with Gasteiger partial charge in [-0.1, -0.05) is 0 Å². The number of hydrogen-bond acceptors (Lipinski definition) is 5. The summed E-state index contributed by atoms with van der Waals surface area (Å²) in [4.78, 5) is 30.3. The molecule has 0 saturated heterocycles. The van der Waals surface area contributed by atoms with Crippen LogP contribution in [0.3, 0.4) is 0 Å². The van der Waals surface area contributed by atoms with E-state index in [1.165, 1.54) is 18.7 Å². The van der Waals surface area contributed by atoms with E-state index in [0.29, 0.717) is 16.1 Å². The van der Waals surface area contributed by atoms with Crippen LogP contribution in [0.5, 0.6) is 0 Å². The highest BCUT2D eigenvalue weighted by molar-refractivity contribution is 7.18. The molecular weight excluding hydrogens is 254 g/mol. The monoisotopic (exact) mass is 263 g/mol. The first kappa shape index (κ1) is 12.2. The van der Waals surface area contributed by atoms with Crippen molar-refractivity contribution in [3.8, 4) is 0 Å². The van der Waals surface area contributed by atoms with Gasteiger partial charge in [0.2, 0.25) is 0 Å². The summed E-state index contributed by atoms with van der Waals surface area (Å²) in [5.41, 5.74) is 0.938. The molecule has 0 aliphatic carbocycles. The Balaban J connectivity index is 2.18. The molecule has 0 atom stereocenters. The molecule has 2 rings (SSSR count). The molecule has 0 aliphatic rings. The summed E-state index contributed by atoms with van der Waals surface area (Å²) in [7, 11) is 0. The summed E-state index contributed by atoms with van der Waals surface area (Å²) in [6.45, 7) is 1.68. The maximum Gasteiger partial charge on any atom is 0.346 e. The van der Waals surface area contributed by atoms with E-state index in [1.54, 1.807) is 13.0 Å². The summed E-state index contributed by atoms with van der Waals surface area (Å²) in [5, 5.41) is 12.0. The number of thiophene rings is 1. The number of aromatic carboxylic acids is 1. The highest BCUT2D eigenvalue weighted by Gasteiger charge is 2.14. The van der Waals surface area contributed by atoms with Crippen LogP contribution in [0.4, 0.5) is 5.00 Å². The van der Waals surface area contributed by atoms with Gasteiger partial charge in [-0.3, -0.25) is 4.79 Å². The van der Waals surface area contributed by atoms with Gasteiger partial charge in [-0.05, 0) is 18.6 Å². The number of carbonyl (C=O) groups is 2. The zero-order valence-electron chi connectivity index (χ0n) is 9.38. The highest BCUT2D eigenvalue weighted by Crippen LogP contribution is 2.26. The summed E-state index contributed by atoms with van der Waals surface area (Å²) in [6.07, 6.45) is 4.11. The molecule has 1 amide bonds. The van der Waals surface area contributed by atoms with Crippen LogP contribution in [-0.2, 0) is 0 Å². The van der Waals surface area contributed by atoms with Gasteiger partial charge in [-0.15, -0.1) is 11.3 Å². The molecule has 6 nitrogen and oxygen atoms in total. The molecule has 2 heterocycles. The predicted octanol–water partition coefficient (Wildman–Crippen LogP) is 1.80. The molecule has 0 unspecified atom stereocenters. The van der Waals surface area contributed by atoms with Crippen molar-refractivity contribution in [2.45, 2.75) is 6.92 Å². The van der Waals surface area contributed by atoms with Gasteiger partial charge in [0, 0.05) is 12.4 Å². The third-order valence-corrected chi connectivity index (χ3v) is 3.31. The van der Waals surface area contributed by atoms with Crippen LogP contribution in [0.2, 0.25) is 0 Å². The Hall–Kier alpha value is -2.28. The molecular formula is C11H9N3O3S. The average Bonchev–Trinajstić information content (AvgIpc) is 2.71. The van der Waals surface area contributed by atoms with E-state index in [2.05, 4.69) is 15.3 Å². The van der Waals surface area contributed by atoms with Gasteiger partial charge in [0.25, 0.3) is 5.91 Å². The first-order valence-corrected chi connectivity index (χ1v) is 5.79. The lowest BCUT2D eigenvalue weighted by molar-refractivity contribution is 0.0701. The number of carboxylic acid groups (broad SMARTS) is 1. The molecule has 0 fully saturated rings. The maximum atomic E-state index is 11.8. The minimum absolute atomic E-state index is 0.217. The van der Waals surface area contributed by atoms with Crippen molar-refractivity contribution in [3.63, 3.8) is 0 Å². The number of nitrogens with one attached hydrogen (secondary N) is 1. The minimum atomic E-state index is -0.999. The minimum Gasteiger partial charge on any atom is -0.477 e. The Bertz CT molecular complexity index is 595. The number of aryl methyl sites for hydroxylation is 1. The van der Waals surface area contributed by atoms with E-state index in [1.807, 2.05) is 0 Å². The molecule has 0 bridgehead atoms. The van der Waals surface area contributed by atoms with Crippen LogP contribution in [-0.4, -0.2) is 27.0 Å². The SMILES string of the molecule is Cc1cc(NC(=O)c2cncnc2)sc1C(=O)O. The second-order valence-electron chi connectivity index (χ2n) is 3.51. The number of carbonyl (C=O) groups excluding carboxylic acids is 1. The Morgan fingerprint density at radius 3 is 2.56 bits per heavy atom. The molecule has 2 aromatic rings. The summed E-state index contributed by atoms with van der Waals surface area (Å²) in [5.74, 6) is -1.37. The second-order valence-corrected chi connectivity index (χ2v) is 4.56. The Labute approximate surface area is 106 Å². The summed E-state index contributed by atoms with van der Waals surface area (Å²) in [6, 6.07) is 1.62. The third-order valence-electron chi connectivity index (χ3n) is 2.17. The number of nitrogens with zero attached hydrogens (tertiary/aromatic N) is 2. The molecule has 0 spiro atoms. The van der Waals surface area contributed by atoms with Crippen molar-refractivity contribution in [1.82, 2.24) is 9.97 Å². The maximum absolute atomic E-state index is 11.8. The van der Waals surface area contributed by atoms with Gasteiger partial charge in [0.1, 0.15) is 11.2 Å². The van der Waals surface area contributed by atoms with Crippen LogP contribution in [0.25, 0.3) is 0 Å². The smallest absolute Gasteiger partial charge is 0.346 e. The van der Waals surface area contributed by atoms with Crippen molar-refractivity contribution in [2.75, 3.05) is 5.32 Å². The van der Waals surface area contributed by atoms with Gasteiger partial charge in [0.05, 0.1) is 10.6 Å². The molecule has 92 valence electrons. The van der Waals surface area contributed by atoms with E-state index >= 15 is 0 Å². The highest BCUT2D eigenvalue weighted by atomic mass is 32.1. The summed E-state index contributed by atoms with van der Waals surface area (Å²) >= 11 is 1.02. The fraction of sp³-hybridized carbons (Fsp3) is 0.0909. The Morgan fingerprint density at radius 1 is 1.33 bits per heavy atom. The van der Waals surface area contributed by atoms with Gasteiger partial charge >= 0.3 is 5.97 Å². The topological polar surface area (TPSA) is 92.2 Å². The average molecular weight is 263 g/mol. The molecule has 0 radical (unpaired) electrons. The van der Waals surface area contributed by atoms with E-state index < -0.39 is 5.97 Å². The van der Waals surface area contributed by atoms with Crippen molar-refractivity contribution in [1.29, 1.82) is 0 Å². The zero-order valence-corrected chi connectivity index (χ0v) is 10.2. The van der Waals surface area contributed by atoms with Crippen molar-refractivity contribution < 1.29 is 14.7 Å². The van der Waals surface area contributed by atoms with Gasteiger partial charge < -0.3 is 10.4 Å². The van der Waals surface area contributed by atoms with Gasteiger partial charge in [-0.25, -0.2) is 14.8 Å². The normalized spacial score (nSPS) is 10.1. The number of hydrogen-bond donors (Lipinski definition) is 2. The first-order valence-electron chi connectivity index (χ1n) is 4.98. The van der Waals surface area contributed by atoms with E-state index in [-0.39, 0.29) is 10.8 Å². The van der Waals surface area contributed by atoms with Crippen LogP contribution in [0.1, 0.15) is 25.6 Å². The van der Waals surface area contributed by atoms with Gasteiger partial charge in [0.15, 0.2) is 0 Å². The molecule has 7 heteroatoms. The van der Waals surface area contributed by atoms with Crippen LogP contribution < -0.4 is 5.32 Å². The standard InChI is InChI=1S/C11H9N3O3S/c1-6-2-8(18-9(6)11(16)17)14-10(15)7-3-12-5-13-4-7/h2-5H,1H3,(H,14,15)(H,16,17). The van der Waals surface area contributed by atoms with Crippen LogP contribution in [0.15, 0.2) is 24.8 Å². The Morgan fingerprint density at radius 2 is 2.00 bits per heavy atom. The molecule has 0 saturated carbocycles. The third kappa shape index (κ3) is 2.51. The van der Waals surface area contributed by atoms with Crippen molar-refractivity contribution >= 4 is 28.2 Å². The van der Waals surface area contributed by atoms with Crippen molar-refractivity contribution in [2.24, 2.45) is 0 Å². The molecule has 18 heavy (non-hydrogen) atoms. The second kappa shape index (κ2) is 4.92. The van der Waals surface area contributed by atoms with E-state index in [4.69, 9.17) is 5.11 Å². The molecule has 0 aromatic carbocycles. The fourth-order valence-electron chi connectivity index (χ4n) is 1.36. The lowest BCUT2D eigenvalue weighted by Crippen LogP contribution is -2.11. The molecule has 2 N–H and O–H groups in total. The fourth-order valence-corrected chi connectivity index (χ4v) is 2.26. The number of amides is 1. The van der Waals surface area contributed by atoms with Crippen LogP contribution >= 0.6 is 11.3 Å². The first-order chi connectivity index (χ1) is 8.58. The summed E-state index contributed by atoms with van der Waals surface area (Å²) < 4.78 is 0. The van der Waals surface area contributed by atoms with Crippen molar-refractivity contribution in [3.05, 3.63) is 40.8 Å².